The number of halogens is 1. The predicted octanol–water partition coefficient (Wildman–Crippen LogP) is 1.60. The highest BCUT2D eigenvalue weighted by Gasteiger charge is 2.17. The van der Waals surface area contributed by atoms with Gasteiger partial charge in [0.05, 0.1) is 5.02 Å². The summed E-state index contributed by atoms with van der Waals surface area (Å²) in [5.74, 6) is 0.806. The molecule has 1 heterocycles. The van der Waals surface area contributed by atoms with Crippen LogP contribution in [0.25, 0.3) is 0 Å². The monoisotopic (exact) mass is 183 g/mol. The molecule has 0 saturated heterocycles. The van der Waals surface area contributed by atoms with Gasteiger partial charge in [0, 0.05) is 6.04 Å². The summed E-state index contributed by atoms with van der Waals surface area (Å²) in [5.41, 5.74) is 6.84. The van der Waals surface area contributed by atoms with Crippen LogP contribution < -0.4 is 10.5 Å². The average Bonchev–Trinajstić information content (AvgIpc) is 2.04. The van der Waals surface area contributed by atoms with Gasteiger partial charge in [-0.3, -0.25) is 0 Å². The number of ether oxygens (including phenoxy) is 1. The lowest BCUT2D eigenvalue weighted by atomic mass is 10.0. The first-order valence-corrected chi connectivity index (χ1v) is 4.31. The predicted molar refractivity (Wildman–Crippen MR) is 48.6 cm³/mol. The summed E-state index contributed by atoms with van der Waals surface area (Å²) in [7, 11) is 0. The Morgan fingerprint density at radius 2 is 2.33 bits per heavy atom. The maximum Gasteiger partial charge on any atom is 0.141 e. The quantitative estimate of drug-likeness (QED) is 0.663. The van der Waals surface area contributed by atoms with E-state index in [-0.39, 0.29) is 6.04 Å². The molecule has 3 heteroatoms. The maximum atomic E-state index is 5.92. The minimum Gasteiger partial charge on any atom is -0.490 e. The minimum atomic E-state index is 0.107. The van der Waals surface area contributed by atoms with Crippen LogP contribution in [0.5, 0.6) is 5.75 Å². The minimum absolute atomic E-state index is 0.107. The van der Waals surface area contributed by atoms with Gasteiger partial charge < -0.3 is 10.5 Å². The van der Waals surface area contributed by atoms with E-state index in [4.69, 9.17) is 22.1 Å². The summed E-state index contributed by atoms with van der Waals surface area (Å²) in [5, 5.41) is 0.680. The highest BCUT2D eigenvalue weighted by atomic mass is 35.5. The molecule has 0 spiro atoms. The molecule has 64 valence electrons. The highest BCUT2D eigenvalue weighted by Crippen LogP contribution is 2.31. The van der Waals surface area contributed by atoms with Crippen LogP contribution in [0.1, 0.15) is 5.56 Å². The van der Waals surface area contributed by atoms with E-state index in [1.54, 1.807) is 0 Å². The lowest BCUT2D eigenvalue weighted by molar-refractivity contribution is 0.264. The third-order valence-electron chi connectivity index (χ3n) is 1.97. The number of hydrogen-bond acceptors (Lipinski definition) is 2. The molecule has 0 radical (unpaired) electrons. The molecule has 1 aromatic rings. The molecule has 1 aliphatic rings. The van der Waals surface area contributed by atoms with Gasteiger partial charge in [0.1, 0.15) is 12.4 Å². The lowest BCUT2D eigenvalue weighted by Crippen LogP contribution is -2.33. The van der Waals surface area contributed by atoms with E-state index >= 15 is 0 Å². The van der Waals surface area contributed by atoms with Crippen molar-refractivity contribution in [1.29, 1.82) is 0 Å². The smallest absolute Gasteiger partial charge is 0.141 e. The first-order valence-electron chi connectivity index (χ1n) is 3.93. The fourth-order valence-electron chi connectivity index (χ4n) is 1.41. The summed E-state index contributed by atoms with van der Waals surface area (Å²) in [6, 6.07) is 5.86. The largest absolute Gasteiger partial charge is 0.490 e. The zero-order valence-corrected chi connectivity index (χ0v) is 7.34. The van der Waals surface area contributed by atoms with E-state index in [0.29, 0.717) is 11.6 Å². The fourth-order valence-corrected chi connectivity index (χ4v) is 1.66. The van der Waals surface area contributed by atoms with Gasteiger partial charge >= 0.3 is 0 Å². The second-order valence-electron chi connectivity index (χ2n) is 3.00. The van der Waals surface area contributed by atoms with Gasteiger partial charge in [0.25, 0.3) is 0 Å². The first-order chi connectivity index (χ1) is 5.77. The number of nitrogens with two attached hydrogens (primary N) is 1. The van der Waals surface area contributed by atoms with Gasteiger partial charge in [-0.1, -0.05) is 23.7 Å². The molecular formula is C9H10ClNO. The first kappa shape index (κ1) is 7.90. The molecule has 1 aromatic carbocycles. The number of para-hydroxylation sites is 1. The van der Waals surface area contributed by atoms with Crippen molar-refractivity contribution in [3.8, 4) is 5.75 Å². The molecule has 12 heavy (non-hydrogen) atoms. The number of hydrogen-bond donors (Lipinski definition) is 1. The maximum absolute atomic E-state index is 5.92. The third-order valence-corrected chi connectivity index (χ3v) is 2.27. The van der Waals surface area contributed by atoms with Gasteiger partial charge in [-0.05, 0) is 18.1 Å². The summed E-state index contributed by atoms with van der Waals surface area (Å²) in [6.07, 6.45) is 0.857. The number of fused-ring (bicyclic) bond motifs is 1. The normalized spacial score (nSPS) is 21.3. The van der Waals surface area contributed by atoms with E-state index in [0.717, 1.165) is 17.7 Å². The van der Waals surface area contributed by atoms with Crippen LogP contribution in [-0.2, 0) is 6.42 Å². The summed E-state index contributed by atoms with van der Waals surface area (Å²) in [6.45, 7) is 0.566. The molecule has 2 nitrogen and oxygen atoms in total. The van der Waals surface area contributed by atoms with Crippen LogP contribution in [0.3, 0.4) is 0 Å². The Bertz CT molecular complexity index is 301. The van der Waals surface area contributed by atoms with Gasteiger partial charge in [0.15, 0.2) is 0 Å². The molecule has 0 fully saturated rings. The molecule has 0 unspecified atom stereocenters. The second kappa shape index (κ2) is 2.96. The standard InChI is InChI=1S/C9H10ClNO/c10-8-3-1-2-6-4-7(11)5-12-9(6)8/h1-3,7H,4-5,11H2/t7-/m1/s1. The van der Waals surface area contributed by atoms with Crippen molar-refractivity contribution in [1.82, 2.24) is 0 Å². The number of benzene rings is 1. The van der Waals surface area contributed by atoms with Gasteiger partial charge in [0.2, 0.25) is 0 Å². The van der Waals surface area contributed by atoms with E-state index in [1.165, 1.54) is 0 Å². The van der Waals surface area contributed by atoms with E-state index in [1.807, 2.05) is 18.2 Å². The van der Waals surface area contributed by atoms with E-state index < -0.39 is 0 Å². The van der Waals surface area contributed by atoms with Crippen LogP contribution in [0.4, 0.5) is 0 Å². The molecule has 2 N–H and O–H groups in total. The Balaban J connectivity index is 2.42. The van der Waals surface area contributed by atoms with Crippen molar-refractivity contribution in [3.05, 3.63) is 28.8 Å². The van der Waals surface area contributed by atoms with Crippen molar-refractivity contribution >= 4 is 11.6 Å². The second-order valence-corrected chi connectivity index (χ2v) is 3.41. The van der Waals surface area contributed by atoms with Gasteiger partial charge in [-0.25, -0.2) is 0 Å². The van der Waals surface area contributed by atoms with E-state index in [9.17, 15) is 0 Å². The summed E-state index contributed by atoms with van der Waals surface area (Å²) < 4.78 is 5.41. The van der Waals surface area contributed by atoms with Crippen molar-refractivity contribution in [3.63, 3.8) is 0 Å². The van der Waals surface area contributed by atoms with Crippen LogP contribution in [0.2, 0.25) is 5.02 Å². The Kier molecular flexibility index (Phi) is 1.95. The topological polar surface area (TPSA) is 35.2 Å². The molecule has 1 atom stereocenters. The summed E-state index contributed by atoms with van der Waals surface area (Å²) >= 11 is 5.92. The molecule has 0 amide bonds. The van der Waals surface area contributed by atoms with Crippen molar-refractivity contribution in [2.75, 3.05) is 6.61 Å². The zero-order chi connectivity index (χ0) is 8.55. The molecule has 0 saturated carbocycles. The van der Waals surface area contributed by atoms with Crippen LogP contribution in [0, 0.1) is 0 Å². The summed E-state index contributed by atoms with van der Waals surface area (Å²) in [4.78, 5) is 0. The van der Waals surface area contributed by atoms with Crippen LogP contribution in [0.15, 0.2) is 18.2 Å². The lowest BCUT2D eigenvalue weighted by Gasteiger charge is -2.22. The van der Waals surface area contributed by atoms with Gasteiger partial charge in [-0.15, -0.1) is 0 Å². The Hall–Kier alpha value is -0.730. The Labute approximate surface area is 76.3 Å². The Morgan fingerprint density at radius 1 is 1.50 bits per heavy atom. The molecule has 2 rings (SSSR count). The van der Waals surface area contributed by atoms with Crippen LogP contribution >= 0.6 is 11.6 Å². The fraction of sp³-hybridized carbons (Fsp3) is 0.333. The molecule has 0 aliphatic carbocycles. The van der Waals surface area contributed by atoms with Crippen molar-refractivity contribution in [2.45, 2.75) is 12.5 Å². The molecule has 0 bridgehead atoms. The highest BCUT2D eigenvalue weighted by molar-refractivity contribution is 6.32. The Morgan fingerprint density at radius 3 is 3.17 bits per heavy atom. The average molecular weight is 184 g/mol. The van der Waals surface area contributed by atoms with Gasteiger partial charge in [-0.2, -0.15) is 0 Å². The van der Waals surface area contributed by atoms with Crippen LogP contribution in [-0.4, -0.2) is 12.6 Å². The SMILES string of the molecule is N[C@H]1COc2c(Cl)cccc2C1. The molecule has 0 aromatic heterocycles. The zero-order valence-electron chi connectivity index (χ0n) is 6.59. The van der Waals surface area contributed by atoms with Crippen molar-refractivity contribution < 1.29 is 4.74 Å². The third kappa shape index (κ3) is 1.28. The van der Waals surface area contributed by atoms with Crippen molar-refractivity contribution in [2.24, 2.45) is 5.73 Å². The molecular weight excluding hydrogens is 174 g/mol. The number of rotatable bonds is 0. The van der Waals surface area contributed by atoms with E-state index in [2.05, 4.69) is 0 Å². The molecule has 1 aliphatic heterocycles.